The minimum atomic E-state index is -0.438. The van der Waals surface area contributed by atoms with Gasteiger partial charge in [-0.2, -0.15) is 5.10 Å². The van der Waals surface area contributed by atoms with Gasteiger partial charge in [-0.3, -0.25) is 4.79 Å². The highest BCUT2D eigenvalue weighted by Gasteiger charge is 2.24. The summed E-state index contributed by atoms with van der Waals surface area (Å²) < 4.78 is 1.83. The quantitative estimate of drug-likeness (QED) is 0.782. The van der Waals surface area contributed by atoms with Gasteiger partial charge in [-0.25, -0.2) is 4.68 Å². The van der Waals surface area contributed by atoms with Crippen molar-refractivity contribution in [3.63, 3.8) is 0 Å². The second-order valence-corrected chi connectivity index (χ2v) is 7.66. The maximum atomic E-state index is 11.3. The zero-order valence-electron chi connectivity index (χ0n) is 13.7. The molecule has 0 saturated carbocycles. The molecule has 0 aliphatic carbocycles. The zero-order chi connectivity index (χ0) is 16.6. The van der Waals surface area contributed by atoms with Crippen LogP contribution >= 0.6 is 11.3 Å². The summed E-state index contributed by atoms with van der Waals surface area (Å²) in [7, 11) is 0. The second-order valence-electron chi connectivity index (χ2n) is 6.20. The van der Waals surface area contributed by atoms with Crippen LogP contribution in [0.3, 0.4) is 0 Å². The molecule has 0 unspecified atom stereocenters. The average molecular weight is 333 g/mol. The molecule has 3 heterocycles. The first-order valence-corrected chi connectivity index (χ1v) is 8.67. The Hall–Kier alpha value is -1.86. The van der Waals surface area contributed by atoms with E-state index in [2.05, 4.69) is 42.6 Å². The number of aromatic nitrogens is 2. The molecule has 23 heavy (non-hydrogen) atoms. The number of hydrogen-bond acceptors (Lipinski definition) is 5. The summed E-state index contributed by atoms with van der Waals surface area (Å²) in [5.41, 5.74) is 7.20. The third kappa shape index (κ3) is 3.25. The van der Waals surface area contributed by atoms with Gasteiger partial charge in [-0.05, 0) is 32.4 Å². The fourth-order valence-electron chi connectivity index (χ4n) is 3.11. The Balaban J connectivity index is 1.60. The van der Waals surface area contributed by atoms with E-state index in [1.54, 1.807) is 6.20 Å². The molecule has 7 heteroatoms. The van der Waals surface area contributed by atoms with Gasteiger partial charge in [0.1, 0.15) is 11.4 Å². The maximum Gasteiger partial charge on any atom is 0.254 e. The summed E-state index contributed by atoms with van der Waals surface area (Å²) in [4.78, 5) is 14.1. The lowest BCUT2D eigenvalue weighted by Gasteiger charge is -2.27. The van der Waals surface area contributed by atoms with Gasteiger partial charge in [0.25, 0.3) is 5.91 Å². The van der Waals surface area contributed by atoms with Gasteiger partial charge in [-0.15, -0.1) is 11.3 Å². The molecule has 0 aromatic carbocycles. The van der Waals surface area contributed by atoms with E-state index < -0.39 is 5.91 Å². The number of amides is 1. The molecule has 0 saturated heterocycles. The Morgan fingerprint density at radius 2 is 2.39 bits per heavy atom. The van der Waals surface area contributed by atoms with Crippen LogP contribution < -0.4 is 16.4 Å². The van der Waals surface area contributed by atoms with Gasteiger partial charge < -0.3 is 16.4 Å². The number of carbonyl (C=O) groups is 1. The second kappa shape index (κ2) is 6.33. The standard InChI is InChI=1S/C16H23N5OS/c1-9-4-13(11(3)23-9)10(2)18-5-12-6-19-16-14(15(17)22)7-20-21(16)8-12/h4,7,10,12,18-19H,5-6,8H2,1-3H3,(H2,17,22)/t10-,12+/m1/s1. The van der Waals surface area contributed by atoms with E-state index in [1.165, 1.54) is 15.3 Å². The van der Waals surface area contributed by atoms with E-state index in [0.29, 0.717) is 17.5 Å². The molecule has 124 valence electrons. The third-order valence-electron chi connectivity index (χ3n) is 4.35. The fraction of sp³-hybridized carbons (Fsp3) is 0.500. The number of nitrogens with one attached hydrogen (secondary N) is 2. The SMILES string of the molecule is Cc1cc([C@@H](C)NC[C@H]2CNc3c(C(N)=O)cnn3C2)c(C)s1. The molecule has 0 spiro atoms. The van der Waals surface area contributed by atoms with Gasteiger partial charge >= 0.3 is 0 Å². The number of thiophene rings is 1. The minimum absolute atomic E-state index is 0.333. The number of nitrogens with two attached hydrogens (primary N) is 1. The highest BCUT2D eigenvalue weighted by Crippen LogP contribution is 2.27. The number of primary amides is 1. The van der Waals surface area contributed by atoms with Crippen LogP contribution in [-0.4, -0.2) is 28.8 Å². The first kappa shape index (κ1) is 16.0. The lowest BCUT2D eigenvalue weighted by Crippen LogP contribution is -2.36. The van der Waals surface area contributed by atoms with Gasteiger partial charge in [0, 0.05) is 41.3 Å². The monoisotopic (exact) mass is 333 g/mol. The van der Waals surface area contributed by atoms with Crippen LogP contribution in [0, 0.1) is 19.8 Å². The van der Waals surface area contributed by atoms with E-state index in [4.69, 9.17) is 5.73 Å². The average Bonchev–Trinajstić information content (AvgIpc) is 3.07. The molecule has 0 fully saturated rings. The molecular weight excluding hydrogens is 310 g/mol. The minimum Gasteiger partial charge on any atom is -0.369 e. The first-order valence-electron chi connectivity index (χ1n) is 7.85. The molecule has 2 aromatic rings. The van der Waals surface area contributed by atoms with Crippen molar-refractivity contribution in [2.24, 2.45) is 11.7 Å². The van der Waals surface area contributed by atoms with Crippen LogP contribution in [0.5, 0.6) is 0 Å². The van der Waals surface area contributed by atoms with Crippen molar-refractivity contribution in [1.82, 2.24) is 15.1 Å². The molecule has 1 aliphatic rings. The van der Waals surface area contributed by atoms with Gasteiger partial charge in [0.05, 0.1) is 6.20 Å². The fourth-order valence-corrected chi connectivity index (χ4v) is 4.13. The molecule has 3 rings (SSSR count). The Labute approximate surface area is 140 Å². The summed E-state index contributed by atoms with van der Waals surface area (Å²) in [6.45, 7) is 9.02. The third-order valence-corrected chi connectivity index (χ3v) is 5.33. The molecule has 2 atom stereocenters. The molecule has 2 aromatic heterocycles. The lowest BCUT2D eigenvalue weighted by molar-refractivity contribution is 0.100. The van der Waals surface area contributed by atoms with Crippen LogP contribution in [-0.2, 0) is 6.54 Å². The normalized spacial score (nSPS) is 18.3. The molecule has 1 aliphatic heterocycles. The van der Waals surface area contributed by atoms with Gasteiger partial charge in [-0.1, -0.05) is 0 Å². The highest BCUT2D eigenvalue weighted by molar-refractivity contribution is 7.12. The number of aryl methyl sites for hydroxylation is 2. The van der Waals surface area contributed by atoms with Crippen LogP contribution in [0.2, 0.25) is 0 Å². The summed E-state index contributed by atoms with van der Waals surface area (Å²) in [6, 6.07) is 2.60. The molecule has 6 nitrogen and oxygen atoms in total. The number of anilines is 1. The topological polar surface area (TPSA) is 85.0 Å². The number of fused-ring (bicyclic) bond motifs is 1. The van der Waals surface area contributed by atoms with Crippen molar-refractivity contribution in [3.8, 4) is 0 Å². The smallest absolute Gasteiger partial charge is 0.254 e. The van der Waals surface area contributed by atoms with E-state index in [9.17, 15) is 4.79 Å². The molecule has 0 bridgehead atoms. The van der Waals surface area contributed by atoms with Crippen LogP contribution in [0.1, 0.15) is 38.6 Å². The van der Waals surface area contributed by atoms with E-state index in [-0.39, 0.29) is 0 Å². The van der Waals surface area contributed by atoms with Crippen LogP contribution in [0.4, 0.5) is 5.82 Å². The van der Waals surface area contributed by atoms with Crippen molar-refractivity contribution in [1.29, 1.82) is 0 Å². The number of nitrogens with zero attached hydrogens (tertiary/aromatic N) is 2. The van der Waals surface area contributed by atoms with Gasteiger partial charge in [0.2, 0.25) is 0 Å². The molecular formula is C16H23N5OS. The predicted molar refractivity (Wildman–Crippen MR) is 92.9 cm³/mol. The first-order chi connectivity index (χ1) is 11.0. The summed E-state index contributed by atoms with van der Waals surface area (Å²) in [5, 5.41) is 11.2. The van der Waals surface area contributed by atoms with Gasteiger partial charge in [0.15, 0.2) is 0 Å². The van der Waals surface area contributed by atoms with E-state index in [0.717, 1.165) is 25.5 Å². The van der Waals surface area contributed by atoms with Crippen molar-refractivity contribution >= 4 is 23.1 Å². The summed E-state index contributed by atoms with van der Waals surface area (Å²) in [5.74, 6) is 0.726. The number of rotatable bonds is 5. The number of carbonyl (C=O) groups excluding carboxylic acids is 1. The van der Waals surface area contributed by atoms with Crippen LogP contribution in [0.15, 0.2) is 12.3 Å². The van der Waals surface area contributed by atoms with Crippen molar-refractivity contribution in [2.45, 2.75) is 33.4 Å². The maximum absolute atomic E-state index is 11.3. The predicted octanol–water partition coefficient (Wildman–Crippen LogP) is 2.05. The Morgan fingerprint density at radius 1 is 1.61 bits per heavy atom. The molecule has 1 amide bonds. The largest absolute Gasteiger partial charge is 0.369 e. The van der Waals surface area contributed by atoms with Crippen molar-refractivity contribution in [3.05, 3.63) is 33.1 Å². The van der Waals surface area contributed by atoms with E-state index >= 15 is 0 Å². The number of hydrogen-bond donors (Lipinski definition) is 3. The Morgan fingerprint density at radius 3 is 3.04 bits per heavy atom. The molecule has 0 radical (unpaired) electrons. The Bertz CT molecular complexity index is 720. The zero-order valence-corrected chi connectivity index (χ0v) is 14.5. The highest BCUT2D eigenvalue weighted by atomic mass is 32.1. The summed E-state index contributed by atoms with van der Waals surface area (Å²) in [6.07, 6.45) is 1.54. The van der Waals surface area contributed by atoms with Crippen LogP contribution in [0.25, 0.3) is 0 Å². The molecule has 4 N–H and O–H groups in total. The Kier molecular flexibility index (Phi) is 4.41. The summed E-state index contributed by atoms with van der Waals surface area (Å²) >= 11 is 1.84. The van der Waals surface area contributed by atoms with Crippen molar-refractivity contribution < 1.29 is 4.79 Å². The lowest BCUT2D eigenvalue weighted by atomic mass is 10.1. The van der Waals surface area contributed by atoms with E-state index in [1.807, 2.05) is 16.0 Å². The van der Waals surface area contributed by atoms with Crippen molar-refractivity contribution in [2.75, 3.05) is 18.4 Å².